The van der Waals surface area contributed by atoms with Gasteiger partial charge >= 0.3 is 0 Å². The Morgan fingerprint density at radius 2 is 1.95 bits per heavy atom. The Balaban J connectivity index is 1.77. The molecule has 0 aromatic heterocycles. The molecule has 5 atom stereocenters. The Morgan fingerprint density at radius 1 is 1.10 bits per heavy atom. The van der Waals surface area contributed by atoms with Gasteiger partial charge in [-0.25, -0.2) is 0 Å². The predicted molar refractivity (Wildman–Crippen MR) is 86.4 cm³/mol. The topological polar surface area (TPSA) is 20.2 Å². The molecule has 0 saturated heterocycles. The molecular formula is C20H28O. The van der Waals surface area contributed by atoms with Gasteiger partial charge < -0.3 is 5.11 Å². The maximum Gasteiger partial charge on any atom is 0.115 e. The first-order valence-electron chi connectivity index (χ1n) is 8.97. The van der Waals surface area contributed by atoms with E-state index in [1.807, 2.05) is 12.1 Å². The fourth-order valence-electron chi connectivity index (χ4n) is 5.99. The van der Waals surface area contributed by atoms with Gasteiger partial charge in [-0.15, -0.1) is 0 Å². The summed E-state index contributed by atoms with van der Waals surface area (Å²) in [4.78, 5) is 0. The number of hydrogen-bond acceptors (Lipinski definition) is 1. The van der Waals surface area contributed by atoms with Gasteiger partial charge in [0.1, 0.15) is 5.75 Å². The van der Waals surface area contributed by atoms with Crippen LogP contribution in [0.15, 0.2) is 18.2 Å². The molecule has 0 aliphatic heterocycles. The van der Waals surface area contributed by atoms with Crippen molar-refractivity contribution in [3.63, 3.8) is 0 Å². The smallest absolute Gasteiger partial charge is 0.115 e. The molecular weight excluding hydrogens is 256 g/mol. The predicted octanol–water partition coefficient (Wildman–Crippen LogP) is 5.13. The van der Waals surface area contributed by atoms with Crippen LogP contribution in [0.3, 0.4) is 0 Å². The molecule has 1 nitrogen and oxygen atoms in total. The summed E-state index contributed by atoms with van der Waals surface area (Å²) in [5, 5.41) is 9.86. The summed E-state index contributed by atoms with van der Waals surface area (Å²) in [7, 11) is 0. The number of hydrogen-bond donors (Lipinski definition) is 1. The van der Waals surface area contributed by atoms with Crippen molar-refractivity contribution in [1.29, 1.82) is 0 Å². The fourth-order valence-corrected chi connectivity index (χ4v) is 5.99. The van der Waals surface area contributed by atoms with E-state index in [-0.39, 0.29) is 0 Å². The molecule has 1 aromatic rings. The highest BCUT2D eigenvalue weighted by Crippen LogP contribution is 2.58. The number of rotatable bonds is 1. The first-order chi connectivity index (χ1) is 10.1. The number of phenols is 1. The van der Waals surface area contributed by atoms with Gasteiger partial charge in [0.2, 0.25) is 0 Å². The monoisotopic (exact) mass is 284 g/mol. The summed E-state index contributed by atoms with van der Waals surface area (Å²) in [5.74, 6) is 5.69. The van der Waals surface area contributed by atoms with Crippen molar-refractivity contribution in [2.24, 2.45) is 29.6 Å². The van der Waals surface area contributed by atoms with E-state index in [0.717, 1.165) is 35.5 Å². The summed E-state index contributed by atoms with van der Waals surface area (Å²) in [6, 6.07) is 6.18. The van der Waals surface area contributed by atoms with Crippen LogP contribution in [0.2, 0.25) is 0 Å². The number of benzene rings is 1. The van der Waals surface area contributed by atoms with Gasteiger partial charge in [0.05, 0.1) is 0 Å². The van der Waals surface area contributed by atoms with Crippen LogP contribution in [0.5, 0.6) is 5.75 Å². The third-order valence-corrected chi connectivity index (χ3v) is 6.86. The van der Waals surface area contributed by atoms with E-state index in [1.165, 1.54) is 44.1 Å². The van der Waals surface area contributed by atoms with E-state index in [2.05, 4.69) is 19.9 Å². The highest BCUT2D eigenvalue weighted by Gasteiger charge is 2.48. The zero-order valence-electron chi connectivity index (χ0n) is 13.4. The van der Waals surface area contributed by atoms with Crippen LogP contribution < -0.4 is 0 Å². The van der Waals surface area contributed by atoms with Crippen LogP contribution in [0.1, 0.15) is 63.0 Å². The minimum atomic E-state index is 0.448. The highest BCUT2D eigenvalue weighted by atomic mass is 16.3. The molecule has 114 valence electrons. The van der Waals surface area contributed by atoms with Crippen molar-refractivity contribution < 1.29 is 5.11 Å². The lowest BCUT2D eigenvalue weighted by molar-refractivity contribution is 0.0632. The molecule has 1 heteroatoms. The molecule has 0 bridgehead atoms. The molecule has 5 unspecified atom stereocenters. The fraction of sp³-hybridized carbons (Fsp3) is 0.700. The van der Waals surface area contributed by atoms with E-state index >= 15 is 0 Å². The van der Waals surface area contributed by atoms with E-state index in [9.17, 15) is 5.11 Å². The average Bonchev–Trinajstić information content (AvgIpc) is 2.93. The van der Waals surface area contributed by atoms with Gasteiger partial charge in [0, 0.05) is 0 Å². The Hall–Kier alpha value is -0.980. The minimum Gasteiger partial charge on any atom is -0.508 e. The normalized spacial score (nSPS) is 38.0. The molecule has 2 saturated carbocycles. The van der Waals surface area contributed by atoms with Crippen molar-refractivity contribution in [3.05, 3.63) is 29.3 Å². The summed E-state index contributed by atoms with van der Waals surface area (Å²) in [6.45, 7) is 4.82. The Morgan fingerprint density at radius 3 is 2.76 bits per heavy atom. The molecule has 0 heterocycles. The lowest BCUT2D eigenvalue weighted by Gasteiger charge is -2.49. The summed E-state index contributed by atoms with van der Waals surface area (Å²) in [5.41, 5.74) is 3.01. The number of aromatic hydroxyl groups is 1. The standard InChI is InChI=1S/C20H28O/c1-12(2)19-11-14-10-15(21)7-9-16(14)18-8-6-13-4-3-5-17(13)20(18)19/h7,9-10,12-13,17-21H,3-6,8,11H2,1-2H3. The van der Waals surface area contributed by atoms with Gasteiger partial charge in [-0.05, 0) is 84.5 Å². The lowest BCUT2D eigenvalue weighted by Crippen LogP contribution is -2.41. The third kappa shape index (κ3) is 2.12. The van der Waals surface area contributed by atoms with Crippen LogP contribution in [0, 0.1) is 29.6 Å². The van der Waals surface area contributed by atoms with E-state index in [0.29, 0.717) is 5.75 Å². The van der Waals surface area contributed by atoms with Crippen molar-refractivity contribution in [3.8, 4) is 5.75 Å². The van der Waals surface area contributed by atoms with E-state index in [4.69, 9.17) is 0 Å². The second kappa shape index (κ2) is 5.04. The molecule has 4 rings (SSSR count). The molecule has 0 radical (unpaired) electrons. The van der Waals surface area contributed by atoms with E-state index in [1.54, 1.807) is 5.56 Å². The van der Waals surface area contributed by atoms with Crippen LogP contribution in [-0.2, 0) is 6.42 Å². The van der Waals surface area contributed by atoms with Crippen LogP contribution in [0.25, 0.3) is 0 Å². The van der Waals surface area contributed by atoms with Crippen molar-refractivity contribution in [2.75, 3.05) is 0 Å². The highest BCUT2D eigenvalue weighted by molar-refractivity contribution is 5.40. The average molecular weight is 284 g/mol. The molecule has 3 aliphatic carbocycles. The Bertz CT molecular complexity index is 533. The van der Waals surface area contributed by atoms with Crippen LogP contribution >= 0.6 is 0 Å². The first kappa shape index (κ1) is 13.7. The molecule has 0 amide bonds. The molecule has 21 heavy (non-hydrogen) atoms. The van der Waals surface area contributed by atoms with Crippen molar-refractivity contribution >= 4 is 0 Å². The Kier molecular flexibility index (Phi) is 3.28. The third-order valence-electron chi connectivity index (χ3n) is 6.86. The number of fused-ring (bicyclic) bond motifs is 5. The zero-order chi connectivity index (χ0) is 14.6. The molecule has 1 N–H and O–H groups in total. The molecule has 0 spiro atoms. The SMILES string of the molecule is CC(C)C1Cc2cc(O)ccc2C2CCC3CCCC3C21. The largest absolute Gasteiger partial charge is 0.508 e. The second-order valence-corrected chi connectivity index (χ2v) is 8.11. The Labute approximate surface area is 128 Å². The summed E-state index contributed by atoms with van der Waals surface area (Å²) >= 11 is 0. The van der Waals surface area contributed by atoms with Gasteiger partial charge in [0.25, 0.3) is 0 Å². The van der Waals surface area contributed by atoms with Crippen molar-refractivity contribution in [2.45, 2.75) is 58.3 Å². The van der Waals surface area contributed by atoms with Gasteiger partial charge in [0.15, 0.2) is 0 Å². The van der Waals surface area contributed by atoms with Crippen molar-refractivity contribution in [1.82, 2.24) is 0 Å². The lowest BCUT2D eigenvalue weighted by atomic mass is 9.55. The van der Waals surface area contributed by atoms with E-state index < -0.39 is 0 Å². The van der Waals surface area contributed by atoms with Crippen LogP contribution in [-0.4, -0.2) is 5.11 Å². The van der Waals surface area contributed by atoms with Gasteiger partial charge in [-0.3, -0.25) is 0 Å². The minimum absolute atomic E-state index is 0.448. The number of phenolic OH excluding ortho intramolecular Hbond substituents is 1. The summed E-state index contributed by atoms with van der Waals surface area (Å²) in [6.07, 6.45) is 8.44. The van der Waals surface area contributed by atoms with Gasteiger partial charge in [-0.2, -0.15) is 0 Å². The maximum atomic E-state index is 9.86. The van der Waals surface area contributed by atoms with Gasteiger partial charge in [-0.1, -0.05) is 32.8 Å². The molecule has 1 aromatic carbocycles. The first-order valence-corrected chi connectivity index (χ1v) is 8.97. The zero-order valence-corrected chi connectivity index (χ0v) is 13.4. The molecule has 3 aliphatic rings. The quantitative estimate of drug-likeness (QED) is 0.758. The second-order valence-electron chi connectivity index (χ2n) is 8.11. The molecule has 2 fully saturated rings. The van der Waals surface area contributed by atoms with Crippen LogP contribution in [0.4, 0.5) is 0 Å². The summed E-state index contributed by atoms with van der Waals surface area (Å²) < 4.78 is 0. The maximum absolute atomic E-state index is 9.86.